The number of phenols is 1. The van der Waals surface area contributed by atoms with Crippen LogP contribution in [-0.2, 0) is 14.4 Å². The van der Waals surface area contributed by atoms with Gasteiger partial charge in [0.05, 0.1) is 33.4 Å². The van der Waals surface area contributed by atoms with E-state index in [0.29, 0.717) is 21.4 Å². The van der Waals surface area contributed by atoms with Crippen molar-refractivity contribution in [3.8, 4) is 11.5 Å². The molecule has 2 amide bonds. The SMILES string of the molecule is CCOc1cc([C@H]2[C@@H]3C(=O)N(c4cccc5ccccc45)C(=O)[C@H]3ON2c2cccc([N+](=O)[O-])c2)cc(Br)c1O. The quantitative estimate of drug-likeness (QED) is 0.170. The molecule has 40 heavy (non-hydrogen) atoms. The van der Waals surface area contributed by atoms with Crippen LogP contribution in [0.2, 0.25) is 0 Å². The summed E-state index contributed by atoms with van der Waals surface area (Å²) in [6, 6.07) is 21.0. The maximum absolute atomic E-state index is 14.1. The third-order valence-electron chi connectivity index (χ3n) is 7.11. The molecule has 0 spiro atoms. The average molecular weight is 604 g/mol. The fraction of sp³-hybridized carbons (Fsp3) is 0.172. The summed E-state index contributed by atoms with van der Waals surface area (Å²) in [7, 11) is 0. The van der Waals surface area contributed by atoms with Crippen molar-refractivity contribution >= 4 is 55.6 Å². The number of anilines is 2. The monoisotopic (exact) mass is 603 g/mol. The van der Waals surface area contributed by atoms with Crippen molar-refractivity contribution < 1.29 is 29.2 Å². The lowest BCUT2D eigenvalue weighted by Gasteiger charge is -2.29. The summed E-state index contributed by atoms with van der Waals surface area (Å²) in [5.74, 6) is -1.93. The van der Waals surface area contributed by atoms with Crippen molar-refractivity contribution in [2.24, 2.45) is 5.92 Å². The fourth-order valence-corrected chi connectivity index (χ4v) is 5.85. The third kappa shape index (κ3) is 4.05. The predicted octanol–water partition coefficient (Wildman–Crippen LogP) is 5.67. The number of rotatable bonds is 6. The van der Waals surface area contributed by atoms with Crippen LogP contribution in [0.25, 0.3) is 10.8 Å². The summed E-state index contributed by atoms with van der Waals surface area (Å²) in [4.78, 5) is 46.3. The number of nitro benzene ring substituents is 1. The van der Waals surface area contributed by atoms with Crippen LogP contribution in [0.15, 0.2) is 83.3 Å². The van der Waals surface area contributed by atoms with Crippen LogP contribution in [-0.4, -0.2) is 34.6 Å². The molecule has 2 aliphatic rings. The number of halogens is 1. The summed E-state index contributed by atoms with van der Waals surface area (Å²) in [6.07, 6.45) is -1.18. The molecule has 2 fully saturated rings. The van der Waals surface area contributed by atoms with Crippen molar-refractivity contribution in [3.63, 3.8) is 0 Å². The molecule has 0 radical (unpaired) electrons. The van der Waals surface area contributed by atoms with Gasteiger partial charge >= 0.3 is 0 Å². The van der Waals surface area contributed by atoms with Crippen LogP contribution >= 0.6 is 15.9 Å². The van der Waals surface area contributed by atoms with Crippen molar-refractivity contribution in [1.29, 1.82) is 0 Å². The summed E-state index contributed by atoms with van der Waals surface area (Å²) in [6.45, 7) is 2.04. The third-order valence-corrected chi connectivity index (χ3v) is 7.71. The molecule has 4 aromatic rings. The number of imide groups is 1. The first-order valence-corrected chi connectivity index (χ1v) is 13.3. The normalized spacial score (nSPS) is 20.3. The first kappa shape index (κ1) is 25.8. The average Bonchev–Trinajstić information content (AvgIpc) is 3.46. The number of amides is 2. The van der Waals surface area contributed by atoms with Crippen LogP contribution < -0.4 is 14.7 Å². The Kier molecular flexibility index (Phi) is 6.40. The molecule has 2 saturated heterocycles. The van der Waals surface area contributed by atoms with Gasteiger partial charge in [0.25, 0.3) is 11.6 Å². The van der Waals surface area contributed by atoms with Gasteiger partial charge in [-0.15, -0.1) is 0 Å². The molecule has 1 N–H and O–H groups in total. The van der Waals surface area contributed by atoms with Crippen LogP contribution in [0.4, 0.5) is 17.1 Å². The van der Waals surface area contributed by atoms with Gasteiger partial charge in [-0.3, -0.25) is 24.5 Å². The fourth-order valence-electron chi connectivity index (χ4n) is 5.39. The molecule has 0 aromatic heterocycles. The molecular formula is C29H22BrN3O7. The number of hydrogen-bond donors (Lipinski definition) is 1. The molecule has 0 saturated carbocycles. The maximum atomic E-state index is 14.1. The van der Waals surface area contributed by atoms with Gasteiger partial charge in [0.2, 0.25) is 5.91 Å². The Hall–Kier alpha value is -4.48. The molecule has 0 unspecified atom stereocenters. The Morgan fingerprint density at radius 2 is 1.77 bits per heavy atom. The zero-order valence-corrected chi connectivity index (χ0v) is 22.6. The Labute approximate surface area is 236 Å². The van der Waals surface area contributed by atoms with Gasteiger partial charge < -0.3 is 9.84 Å². The van der Waals surface area contributed by atoms with Crippen molar-refractivity contribution in [1.82, 2.24) is 0 Å². The molecule has 3 atom stereocenters. The largest absolute Gasteiger partial charge is 0.503 e. The Morgan fingerprint density at radius 3 is 2.55 bits per heavy atom. The molecule has 2 heterocycles. The number of ether oxygens (including phenoxy) is 1. The number of hydrogen-bond acceptors (Lipinski definition) is 8. The lowest BCUT2D eigenvalue weighted by molar-refractivity contribution is -0.384. The Bertz CT molecular complexity index is 1690. The number of benzene rings is 4. The number of carbonyl (C=O) groups is 2. The second kappa shape index (κ2) is 9.92. The summed E-state index contributed by atoms with van der Waals surface area (Å²) >= 11 is 3.36. The number of non-ortho nitro benzene ring substituents is 1. The van der Waals surface area contributed by atoms with E-state index in [4.69, 9.17) is 9.57 Å². The van der Waals surface area contributed by atoms with Crippen LogP contribution in [0.5, 0.6) is 11.5 Å². The maximum Gasteiger partial charge on any atom is 0.271 e. The van der Waals surface area contributed by atoms with E-state index in [9.17, 15) is 24.8 Å². The van der Waals surface area contributed by atoms with Crippen molar-refractivity contribution in [3.05, 3.63) is 99.0 Å². The molecule has 11 heteroatoms. The highest BCUT2D eigenvalue weighted by Gasteiger charge is 2.60. The van der Waals surface area contributed by atoms with Gasteiger partial charge in [-0.2, -0.15) is 0 Å². The van der Waals surface area contributed by atoms with Gasteiger partial charge in [-0.05, 0) is 58.1 Å². The second-order valence-electron chi connectivity index (χ2n) is 9.39. The summed E-state index contributed by atoms with van der Waals surface area (Å²) < 4.78 is 5.93. The van der Waals surface area contributed by atoms with E-state index >= 15 is 0 Å². The van der Waals surface area contributed by atoms with E-state index < -0.39 is 34.8 Å². The van der Waals surface area contributed by atoms with Gasteiger partial charge in [0, 0.05) is 17.5 Å². The lowest BCUT2D eigenvalue weighted by Crippen LogP contribution is -2.37. The zero-order chi connectivity index (χ0) is 28.1. The van der Waals surface area contributed by atoms with Crippen molar-refractivity contribution in [2.75, 3.05) is 16.6 Å². The smallest absolute Gasteiger partial charge is 0.271 e. The van der Waals surface area contributed by atoms with Crippen LogP contribution in [0.1, 0.15) is 18.5 Å². The molecule has 0 bridgehead atoms. The topological polar surface area (TPSA) is 122 Å². The summed E-state index contributed by atoms with van der Waals surface area (Å²) in [5, 5.41) is 25.0. The minimum atomic E-state index is -1.18. The number of hydroxylamine groups is 1. The number of aromatic hydroxyl groups is 1. The van der Waals surface area contributed by atoms with E-state index in [-0.39, 0.29) is 23.8 Å². The second-order valence-corrected chi connectivity index (χ2v) is 10.2. The predicted molar refractivity (Wildman–Crippen MR) is 150 cm³/mol. The molecular weight excluding hydrogens is 582 g/mol. The van der Waals surface area contributed by atoms with E-state index in [1.165, 1.54) is 23.3 Å². The number of carbonyl (C=O) groups excluding carboxylic acids is 2. The zero-order valence-electron chi connectivity index (χ0n) is 21.1. The van der Waals surface area contributed by atoms with Crippen LogP contribution in [0, 0.1) is 16.0 Å². The van der Waals surface area contributed by atoms with E-state index in [0.717, 1.165) is 15.7 Å². The number of nitrogens with zero attached hydrogens (tertiary/aromatic N) is 3. The minimum Gasteiger partial charge on any atom is -0.503 e. The highest BCUT2D eigenvalue weighted by molar-refractivity contribution is 9.10. The number of fused-ring (bicyclic) bond motifs is 2. The van der Waals surface area contributed by atoms with E-state index in [1.54, 1.807) is 37.3 Å². The van der Waals surface area contributed by atoms with E-state index in [2.05, 4.69) is 15.9 Å². The van der Waals surface area contributed by atoms with Gasteiger partial charge in [0.1, 0.15) is 5.92 Å². The van der Waals surface area contributed by atoms with Gasteiger partial charge in [-0.25, -0.2) is 9.96 Å². The highest BCUT2D eigenvalue weighted by atomic mass is 79.9. The Morgan fingerprint density at radius 1 is 1.02 bits per heavy atom. The summed E-state index contributed by atoms with van der Waals surface area (Å²) in [5.41, 5.74) is 1.09. The lowest BCUT2D eigenvalue weighted by atomic mass is 9.90. The molecule has 4 aromatic carbocycles. The van der Waals surface area contributed by atoms with Gasteiger partial charge in [-0.1, -0.05) is 42.5 Å². The van der Waals surface area contributed by atoms with E-state index in [1.807, 2.05) is 30.3 Å². The highest BCUT2D eigenvalue weighted by Crippen LogP contribution is 2.50. The van der Waals surface area contributed by atoms with Gasteiger partial charge in [0.15, 0.2) is 17.6 Å². The molecule has 202 valence electrons. The first-order chi connectivity index (χ1) is 19.3. The standard InChI is InChI=1S/C29H22BrN3O7/c1-2-39-23-14-17(13-21(30)26(23)34)25-24-27(40-32(25)18-9-6-10-19(15-18)33(37)38)29(36)31(28(24)35)22-12-5-8-16-7-3-4-11-20(16)22/h3-15,24-25,27,34H,2H2,1H3/t24-,25-,27-/m0/s1. The number of nitro groups is 1. The molecule has 6 rings (SSSR count). The minimum absolute atomic E-state index is 0.117. The van der Waals surface area contributed by atoms with Crippen LogP contribution in [0.3, 0.4) is 0 Å². The Balaban J connectivity index is 1.50. The number of phenolic OH excluding ortho intramolecular Hbond substituents is 1. The van der Waals surface area contributed by atoms with Crippen molar-refractivity contribution in [2.45, 2.75) is 19.1 Å². The molecule has 2 aliphatic heterocycles. The molecule has 10 nitrogen and oxygen atoms in total. The first-order valence-electron chi connectivity index (χ1n) is 12.5. The molecule has 0 aliphatic carbocycles.